The first kappa shape index (κ1) is 8.08. The topological polar surface area (TPSA) is 26.1 Å². The minimum absolute atomic E-state index is 0.593. The fourth-order valence-electron chi connectivity index (χ4n) is 0.776. The molecule has 0 unspecified atom stereocenters. The summed E-state index contributed by atoms with van der Waals surface area (Å²) in [6.45, 7) is 0. The van der Waals surface area contributed by atoms with Gasteiger partial charge in [-0.25, -0.2) is 4.74 Å². The van der Waals surface area contributed by atoms with E-state index in [1.807, 2.05) is 12.1 Å². The first-order valence-corrected chi connectivity index (χ1v) is 3.57. The number of rotatable bonds is 1. The molecule has 0 saturated carbocycles. The van der Waals surface area contributed by atoms with Gasteiger partial charge in [0.05, 0.1) is 10.6 Å². The highest BCUT2D eigenvalue weighted by Crippen LogP contribution is 2.11. The van der Waals surface area contributed by atoms with E-state index in [4.69, 9.17) is 11.6 Å². The van der Waals surface area contributed by atoms with E-state index in [-0.39, 0.29) is 0 Å². The van der Waals surface area contributed by atoms with Crippen LogP contribution in [-0.4, -0.2) is 18.0 Å². The van der Waals surface area contributed by atoms with Crippen LogP contribution in [0, 0.1) is 5.21 Å². The summed E-state index contributed by atoms with van der Waals surface area (Å²) < 4.78 is 0.723. The summed E-state index contributed by atoms with van der Waals surface area (Å²) in [6, 6.07) is 7.19. The van der Waals surface area contributed by atoms with Gasteiger partial charge in [-0.15, -0.1) is 0 Å². The summed E-state index contributed by atoms with van der Waals surface area (Å²) >= 11 is 5.77. The molecule has 0 spiro atoms. The molecule has 0 saturated heterocycles. The molecule has 58 valence electrons. The highest BCUT2D eigenvalue weighted by atomic mass is 35.5. The van der Waals surface area contributed by atoms with Gasteiger partial charge in [0.25, 0.3) is 0 Å². The summed E-state index contributed by atoms with van der Waals surface area (Å²) in [5.41, 5.74) is 0.742. The van der Waals surface area contributed by atoms with Crippen LogP contribution in [0.2, 0.25) is 5.02 Å². The van der Waals surface area contributed by atoms with Gasteiger partial charge in [0.1, 0.15) is 7.05 Å². The molecule has 0 aliphatic heterocycles. The van der Waals surface area contributed by atoms with Gasteiger partial charge in [0.15, 0.2) is 6.21 Å². The molecule has 0 N–H and O–H groups in total. The molecule has 0 bridgehead atoms. The van der Waals surface area contributed by atoms with Crippen LogP contribution < -0.4 is 0 Å². The fraction of sp³-hybridized carbons (Fsp3) is 0.125. The number of halogens is 1. The van der Waals surface area contributed by atoms with Crippen molar-refractivity contribution in [3.63, 3.8) is 0 Å². The number of nitrogens with zero attached hydrogens (tertiary/aromatic N) is 1. The molecule has 3 heteroatoms. The number of hydroxylamine groups is 1. The standard InChI is InChI=1S/C8H8ClNO/c1-10(11)6-7-4-2-3-5-8(7)9/h2-6H,1H3. The van der Waals surface area contributed by atoms with Gasteiger partial charge in [-0.05, 0) is 12.1 Å². The summed E-state index contributed by atoms with van der Waals surface area (Å²) in [5.74, 6) is 0. The number of hydrogen-bond donors (Lipinski definition) is 0. The minimum atomic E-state index is 0.593. The van der Waals surface area contributed by atoms with E-state index in [9.17, 15) is 5.21 Å². The summed E-state index contributed by atoms with van der Waals surface area (Å²) in [6.07, 6.45) is 1.43. The lowest BCUT2D eigenvalue weighted by molar-refractivity contribution is -0.416. The van der Waals surface area contributed by atoms with Gasteiger partial charge >= 0.3 is 0 Å². The Kier molecular flexibility index (Phi) is 2.49. The molecule has 1 aromatic carbocycles. The lowest BCUT2D eigenvalue weighted by Gasteiger charge is -1.96. The predicted molar refractivity (Wildman–Crippen MR) is 46.2 cm³/mol. The van der Waals surface area contributed by atoms with E-state index >= 15 is 0 Å². The summed E-state index contributed by atoms with van der Waals surface area (Å²) in [7, 11) is 1.42. The normalized spacial score (nSPS) is 11.6. The molecule has 0 atom stereocenters. The molecule has 11 heavy (non-hydrogen) atoms. The smallest absolute Gasteiger partial charge is 0.183 e. The molecule has 1 aromatic rings. The Bertz CT molecular complexity index is 279. The quantitative estimate of drug-likeness (QED) is 0.273. The van der Waals surface area contributed by atoms with Crippen molar-refractivity contribution in [1.29, 1.82) is 0 Å². The molecule has 1 rings (SSSR count). The van der Waals surface area contributed by atoms with Crippen LogP contribution in [0.15, 0.2) is 24.3 Å². The third-order valence-corrected chi connectivity index (χ3v) is 1.57. The molecule has 0 amide bonds. The van der Waals surface area contributed by atoms with E-state index in [1.54, 1.807) is 12.1 Å². The second kappa shape index (κ2) is 3.39. The lowest BCUT2D eigenvalue weighted by atomic mass is 10.2. The fourth-order valence-corrected chi connectivity index (χ4v) is 0.960. The van der Waals surface area contributed by atoms with Crippen molar-refractivity contribution in [3.05, 3.63) is 40.1 Å². The van der Waals surface area contributed by atoms with Gasteiger partial charge in [0.2, 0.25) is 0 Å². The van der Waals surface area contributed by atoms with Crippen molar-refractivity contribution >= 4 is 17.8 Å². The first-order valence-electron chi connectivity index (χ1n) is 3.19. The van der Waals surface area contributed by atoms with E-state index in [1.165, 1.54) is 13.3 Å². The monoisotopic (exact) mass is 169 g/mol. The molecule has 0 radical (unpaired) electrons. The van der Waals surface area contributed by atoms with Gasteiger partial charge < -0.3 is 5.21 Å². The third-order valence-electron chi connectivity index (χ3n) is 1.23. The second-order valence-corrected chi connectivity index (χ2v) is 2.60. The van der Waals surface area contributed by atoms with Crippen molar-refractivity contribution in [2.75, 3.05) is 7.05 Å². The van der Waals surface area contributed by atoms with Crippen molar-refractivity contribution in [1.82, 2.24) is 0 Å². The maximum absolute atomic E-state index is 10.6. The zero-order chi connectivity index (χ0) is 8.27. The molecule has 0 aromatic heterocycles. The average molecular weight is 170 g/mol. The van der Waals surface area contributed by atoms with Gasteiger partial charge in [-0.1, -0.05) is 23.7 Å². The molecule has 2 nitrogen and oxygen atoms in total. The molecular weight excluding hydrogens is 162 g/mol. The molecule has 0 aliphatic carbocycles. The summed E-state index contributed by atoms with van der Waals surface area (Å²) in [5, 5.41) is 11.2. The van der Waals surface area contributed by atoms with Gasteiger partial charge in [-0.3, -0.25) is 0 Å². The highest BCUT2D eigenvalue weighted by molar-refractivity contribution is 6.32. The highest BCUT2D eigenvalue weighted by Gasteiger charge is 1.96. The van der Waals surface area contributed by atoms with Crippen molar-refractivity contribution in [3.8, 4) is 0 Å². The Morgan fingerprint density at radius 3 is 2.64 bits per heavy atom. The zero-order valence-corrected chi connectivity index (χ0v) is 6.88. The molecule has 0 heterocycles. The van der Waals surface area contributed by atoms with Crippen LogP contribution in [0.25, 0.3) is 0 Å². The van der Waals surface area contributed by atoms with Gasteiger partial charge in [-0.2, -0.15) is 0 Å². The van der Waals surface area contributed by atoms with Gasteiger partial charge in [0, 0.05) is 0 Å². The lowest BCUT2D eigenvalue weighted by Crippen LogP contribution is -1.97. The maximum Gasteiger partial charge on any atom is 0.183 e. The maximum atomic E-state index is 10.6. The van der Waals surface area contributed by atoms with Crippen LogP contribution in [0.5, 0.6) is 0 Å². The Morgan fingerprint density at radius 2 is 2.09 bits per heavy atom. The van der Waals surface area contributed by atoms with Crippen LogP contribution in [0.1, 0.15) is 5.56 Å². The van der Waals surface area contributed by atoms with Crippen molar-refractivity contribution < 1.29 is 4.74 Å². The molecular formula is C8H8ClNO. The van der Waals surface area contributed by atoms with Crippen LogP contribution >= 0.6 is 11.6 Å². The predicted octanol–water partition coefficient (Wildman–Crippen LogP) is 1.90. The zero-order valence-electron chi connectivity index (χ0n) is 6.12. The SMILES string of the molecule is C[N+]([O-])=Cc1ccccc1Cl. The largest absolute Gasteiger partial charge is 0.624 e. The van der Waals surface area contributed by atoms with Crippen LogP contribution in [0.3, 0.4) is 0 Å². The Labute approximate surface area is 70.3 Å². The Hall–Kier alpha value is -1.02. The average Bonchev–Trinajstić information content (AvgIpc) is 1.93. The van der Waals surface area contributed by atoms with E-state index < -0.39 is 0 Å². The third kappa shape index (κ3) is 2.24. The molecule has 0 aliphatic rings. The van der Waals surface area contributed by atoms with Crippen LogP contribution in [-0.2, 0) is 0 Å². The van der Waals surface area contributed by atoms with E-state index in [0.29, 0.717) is 5.02 Å². The van der Waals surface area contributed by atoms with Crippen molar-refractivity contribution in [2.45, 2.75) is 0 Å². The summed E-state index contributed by atoms with van der Waals surface area (Å²) in [4.78, 5) is 0. The number of hydrogen-bond acceptors (Lipinski definition) is 1. The van der Waals surface area contributed by atoms with Crippen LogP contribution in [0.4, 0.5) is 0 Å². The first-order chi connectivity index (χ1) is 5.20. The van der Waals surface area contributed by atoms with Crippen molar-refractivity contribution in [2.24, 2.45) is 0 Å². The Morgan fingerprint density at radius 1 is 1.45 bits per heavy atom. The number of benzene rings is 1. The molecule has 0 fully saturated rings. The van der Waals surface area contributed by atoms with E-state index in [2.05, 4.69) is 0 Å². The second-order valence-electron chi connectivity index (χ2n) is 2.20. The minimum Gasteiger partial charge on any atom is -0.624 e. The Balaban J connectivity index is 3.04. The van der Waals surface area contributed by atoms with E-state index in [0.717, 1.165) is 10.3 Å².